The third kappa shape index (κ3) is 4.52. The van der Waals surface area contributed by atoms with Gasteiger partial charge in [-0.05, 0) is 44.9 Å². The van der Waals surface area contributed by atoms with Crippen LogP contribution in [0.2, 0.25) is 0 Å². The van der Waals surface area contributed by atoms with Gasteiger partial charge in [0.1, 0.15) is 0 Å². The van der Waals surface area contributed by atoms with Crippen LogP contribution in [0.1, 0.15) is 47.5 Å². The zero-order chi connectivity index (χ0) is 11.5. The fraction of sp³-hybridized carbons (Fsp3) is 1.00. The van der Waals surface area contributed by atoms with Crippen molar-refractivity contribution in [2.75, 3.05) is 19.7 Å². The first kappa shape index (κ1) is 13.0. The molecule has 0 spiro atoms. The van der Waals surface area contributed by atoms with Gasteiger partial charge in [-0.2, -0.15) is 0 Å². The quantitative estimate of drug-likeness (QED) is 0.685. The lowest BCUT2D eigenvalue weighted by Gasteiger charge is -2.22. The number of ether oxygens (including phenoxy) is 1. The van der Waals surface area contributed by atoms with Crippen LogP contribution in [0.3, 0.4) is 0 Å². The van der Waals surface area contributed by atoms with Gasteiger partial charge in [0, 0.05) is 13.1 Å². The van der Waals surface area contributed by atoms with E-state index in [1.54, 1.807) is 0 Å². The number of hydrogen-bond donors (Lipinski definition) is 1. The summed E-state index contributed by atoms with van der Waals surface area (Å²) in [6.45, 7) is 13.9. The standard InChI is InChI=1S/C13H27NO/c1-11(2)13(6-7-13)10-14-8-9-15-12(3,4)5/h11,14H,6-10H2,1-5H3. The summed E-state index contributed by atoms with van der Waals surface area (Å²) in [6, 6.07) is 0. The van der Waals surface area contributed by atoms with Crippen LogP contribution >= 0.6 is 0 Å². The topological polar surface area (TPSA) is 21.3 Å². The van der Waals surface area contributed by atoms with Crippen LogP contribution < -0.4 is 5.32 Å². The van der Waals surface area contributed by atoms with Crippen LogP contribution in [0.5, 0.6) is 0 Å². The van der Waals surface area contributed by atoms with E-state index in [-0.39, 0.29) is 5.60 Å². The van der Waals surface area contributed by atoms with Gasteiger partial charge < -0.3 is 10.1 Å². The smallest absolute Gasteiger partial charge is 0.0599 e. The zero-order valence-corrected chi connectivity index (χ0v) is 11.0. The van der Waals surface area contributed by atoms with E-state index in [1.165, 1.54) is 12.8 Å². The number of hydrogen-bond acceptors (Lipinski definition) is 2. The fourth-order valence-electron chi connectivity index (χ4n) is 1.89. The molecular formula is C13H27NO. The molecule has 1 aliphatic carbocycles. The van der Waals surface area contributed by atoms with E-state index in [0.29, 0.717) is 5.41 Å². The number of nitrogens with one attached hydrogen (secondary N) is 1. The van der Waals surface area contributed by atoms with E-state index in [2.05, 4.69) is 39.9 Å². The van der Waals surface area contributed by atoms with Crippen molar-refractivity contribution in [1.82, 2.24) is 5.32 Å². The van der Waals surface area contributed by atoms with Gasteiger partial charge in [-0.1, -0.05) is 13.8 Å². The third-order valence-corrected chi connectivity index (χ3v) is 3.41. The van der Waals surface area contributed by atoms with Crippen LogP contribution in [-0.2, 0) is 4.74 Å². The van der Waals surface area contributed by atoms with Crippen molar-refractivity contribution >= 4 is 0 Å². The van der Waals surface area contributed by atoms with Crippen molar-refractivity contribution in [1.29, 1.82) is 0 Å². The predicted octanol–water partition coefficient (Wildman–Crippen LogP) is 2.83. The number of rotatable bonds is 6. The van der Waals surface area contributed by atoms with Crippen molar-refractivity contribution < 1.29 is 4.74 Å². The molecular weight excluding hydrogens is 186 g/mol. The van der Waals surface area contributed by atoms with Crippen LogP contribution in [-0.4, -0.2) is 25.3 Å². The molecule has 1 saturated carbocycles. The van der Waals surface area contributed by atoms with Crippen LogP contribution in [0.15, 0.2) is 0 Å². The fourth-order valence-corrected chi connectivity index (χ4v) is 1.89. The molecule has 0 aromatic rings. The highest BCUT2D eigenvalue weighted by Gasteiger charge is 2.44. The van der Waals surface area contributed by atoms with Gasteiger partial charge in [0.05, 0.1) is 12.2 Å². The lowest BCUT2D eigenvalue weighted by atomic mass is 9.92. The average molecular weight is 213 g/mol. The van der Waals surface area contributed by atoms with Crippen LogP contribution in [0.4, 0.5) is 0 Å². The van der Waals surface area contributed by atoms with Crippen LogP contribution in [0, 0.1) is 11.3 Å². The van der Waals surface area contributed by atoms with Crippen molar-refractivity contribution in [2.24, 2.45) is 11.3 Å². The minimum Gasteiger partial charge on any atom is -0.375 e. The van der Waals surface area contributed by atoms with Gasteiger partial charge in [0.25, 0.3) is 0 Å². The molecule has 1 N–H and O–H groups in total. The molecule has 0 amide bonds. The summed E-state index contributed by atoms with van der Waals surface area (Å²) < 4.78 is 5.66. The van der Waals surface area contributed by atoms with E-state index in [0.717, 1.165) is 25.6 Å². The van der Waals surface area contributed by atoms with Crippen molar-refractivity contribution in [2.45, 2.75) is 53.1 Å². The van der Waals surface area contributed by atoms with E-state index in [4.69, 9.17) is 4.74 Å². The Labute approximate surface area is 94.8 Å². The van der Waals surface area contributed by atoms with E-state index >= 15 is 0 Å². The molecule has 0 atom stereocenters. The van der Waals surface area contributed by atoms with E-state index in [1.807, 2.05) is 0 Å². The lowest BCUT2D eigenvalue weighted by Crippen LogP contribution is -2.32. The Balaban J connectivity index is 2.03. The van der Waals surface area contributed by atoms with Gasteiger partial charge in [-0.3, -0.25) is 0 Å². The Morgan fingerprint density at radius 1 is 1.27 bits per heavy atom. The van der Waals surface area contributed by atoms with Gasteiger partial charge in [-0.25, -0.2) is 0 Å². The molecule has 1 rings (SSSR count). The van der Waals surface area contributed by atoms with Gasteiger partial charge in [0.15, 0.2) is 0 Å². The monoisotopic (exact) mass is 213 g/mol. The predicted molar refractivity (Wildman–Crippen MR) is 65.1 cm³/mol. The first-order valence-electron chi connectivity index (χ1n) is 6.20. The Morgan fingerprint density at radius 3 is 2.27 bits per heavy atom. The Kier molecular flexibility index (Phi) is 4.19. The minimum absolute atomic E-state index is 0.00298. The second kappa shape index (κ2) is 4.84. The molecule has 0 aromatic carbocycles. The van der Waals surface area contributed by atoms with Crippen LogP contribution in [0.25, 0.3) is 0 Å². The maximum atomic E-state index is 5.66. The average Bonchev–Trinajstić information content (AvgIpc) is 2.82. The lowest BCUT2D eigenvalue weighted by molar-refractivity contribution is -0.00126. The molecule has 0 aliphatic heterocycles. The molecule has 0 saturated heterocycles. The Morgan fingerprint density at radius 2 is 1.87 bits per heavy atom. The van der Waals surface area contributed by atoms with Crippen molar-refractivity contribution in [3.05, 3.63) is 0 Å². The molecule has 1 fully saturated rings. The summed E-state index contributed by atoms with van der Waals surface area (Å²) in [7, 11) is 0. The van der Waals surface area contributed by atoms with E-state index < -0.39 is 0 Å². The molecule has 0 radical (unpaired) electrons. The Hall–Kier alpha value is -0.0800. The highest BCUT2D eigenvalue weighted by atomic mass is 16.5. The summed E-state index contributed by atoms with van der Waals surface area (Å²) in [4.78, 5) is 0. The van der Waals surface area contributed by atoms with Crippen molar-refractivity contribution in [3.63, 3.8) is 0 Å². The first-order valence-corrected chi connectivity index (χ1v) is 6.20. The van der Waals surface area contributed by atoms with Gasteiger partial charge >= 0.3 is 0 Å². The molecule has 2 nitrogen and oxygen atoms in total. The Bertz CT molecular complexity index is 189. The molecule has 0 aromatic heterocycles. The van der Waals surface area contributed by atoms with Gasteiger partial charge in [0.2, 0.25) is 0 Å². The molecule has 1 aliphatic rings. The first-order chi connectivity index (χ1) is 6.86. The third-order valence-electron chi connectivity index (χ3n) is 3.41. The summed E-state index contributed by atoms with van der Waals surface area (Å²) in [5, 5.41) is 3.52. The molecule has 15 heavy (non-hydrogen) atoms. The molecule has 0 bridgehead atoms. The highest BCUT2D eigenvalue weighted by molar-refractivity contribution is 4.96. The summed E-state index contributed by atoms with van der Waals surface area (Å²) in [5.41, 5.74) is 0.610. The van der Waals surface area contributed by atoms with Gasteiger partial charge in [-0.15, -0.1) is 0 Å². The largest absolute Gasteiger partial charge is 0.375 e. The maximum Gasteiger partial charge on any atom is 0.0599 e. The van der Waals surface area contributed by atoms with Crippen molar-refractivity contribution in [3.8, 4) is 0 Å². The van der Waals surface area contributed by atoms with E-state index in [9.17, 15) is 0 Å². The molecule has 0 unspecified atom stereocenters. The molecule has 2 heteroatoms. The summed E-state index contributed by atoms with van der Waals surface area (Å²) in [5.74, 6) is 0.813. The second-order valence-electron chi connectivity index (χ2n) is 6.15. The molecule has 0 heterocycles. The zero-order valence-electron chi connectivity index (χ0n) is 11.0. The summed E-state index contributed by atoms with van der Waals surface area (Å²) >= 11 is 0. The maximum absolute atomic E-state index is 5.66. The normalized spacial score (nSPS) is 19.6. The second-order valence-corrected chi connectivity index (χ2v) is 6.15. The SMILES string of the molecule is CC(C)C1(CNCCOC(C)(C)C)CC1. The summed E-state index contributed by atoms with van der Waals surface area (Å²) in [6.07, 6.45) is 2.80. The minimum atomic E-state index is -0.00298. The highest BCUT2D eigenvalue weighted by Crippen LogP contribution is 2.51. The molecule has 90 valence electrons.